The van der Waals surface area contributed by atoms with E-state index in [1.807, 2.05) is 11.9 Å². The molecule has 1 aliphatic rings. The minimum absolute atomic E-state index is 0.101. The quantitative estimate of drug-likeness (QED) is 0.293. The third-order valence-electron chi connectivity index (χ3n) is 5.77. The molecule has 0 atom stereocenters. The summed E-state index contributed by atoms with van der Waals surface area (Å²) < 4.78 is 28.2. The van der Waals surface area contributed by atoms with Crippen LogP contribution in [0, 0.1) is 24.5 Å². The van der Waals surface area contributed by atoms with E-state index in [-0.39, 0.29) is 11.5 Å². The molecule has 178 valence electrons. The maximum absolute atomic E-state index is 14.6. The fourth-order valence-corrected chi connectivity index (χ4v) is 4.64. The first-order valence-corrected chi connectivity index (χ1v) is 12.0. The molecular formula is C24H30F2N4O2S. The summed E-state index contributed by atoms with van der Waals surface area (Å²) in [4.78, 5) is 29.4. The summed E-state index contributed by atoms with van der Waals surface area (Å²) in [5, 5.41) is 2.99. The van der Waals surface area contributed by atoms with Crippen LogP contribution in [-0.2, 0) is 4.79 Å². The van der Waals surface area contributed by atoms with Gasteiger partial charge in [-0.1, -0.05) is 24.1 Å². The molecule has 33 heavy (non-hydrogen) atoms. The zero-order valence-corrected chi connectivity index (χ0v) is 19.7. The maximum Gasteiger partial charge on any atom is 0.269 e. The Balaban J connectivity index is 1.48. The van der Waals surface area contributed by atoms with Crippen LogP contribution in [0.2, 0.25) is 0 Å². The lowest BCUT2D eigenvalue weighted by molar-refractivity contribution is -0.132. The molecule has 9 heteroatoms. The van der Waals surface area contributed by atoms with Crippen molar-refractivity contribution in [2.24, 2.45) is 5.92 Å². The minimum atomic E-state index is -0.602. The van der Waals surface area contributed by atoms with Crippen LogP contribution in [0.1, 0.15) is 35.2 Å². The van der Waals surface area contributed by atoms with Crippen molar-refractivity contribution in [1.29, 1.82) is 0 Å². The predicted molar refractivity (Wildman–Crippen MR) is 127 cm³/mol. The van der Waals surface area contributed by atoms with E-state index >= 15 is 0 Å². The summed E-state index contributed by atoms with van der Waals surface area (Å²) in [6, 6.07) is 9.00. The van der Waals surface area contributed by atoms with Gasteiger partial charge in [-0.25, -0.2) is 8.78 Å². The highest BCUT2D eigenvalue weighted by Gasteiger charge is 2.22. The van der Waals surface area contributed by atoms with Gasteiger partial charge in [0.2, 0.25) is 5.91 Å². The van der Waals surface area contributed by atoms with Crippen LogP contribution in [0.15, 0.2) is 36.4 Å². The van der Waals surface area contributed by atoms with E-state index in [0.717, 1.165) is 31.7 Å². The second-order valence-corrected chi connectivity index (χ2v) is 9.04. The van der Waals surface area contributed by atoms with Crippen LogP contribution in [0.25, 0.3) is 11.1 Å². The Kier molecular flexibility index (Phi) is 9.22. The Bertz CT molecular complexity index is 981. The van der Waals surface area contributed by atoms with Crippen LogP contribution in [0.5, 0.6) is 0 Å². The molecule has 1 fully saturated rings. The lowest BCUT2D eigenvalue weighted by atomic mass is 9.99. The minimum Gasteiger partial charge on any atom is -0.343 e. The fraction of sp³-hybridized carbons (Fsp3) is 0.417. The van der Waals surface area contributed by atoms with Crippen molar-refractivity contribution in [2.75, 3.05) is 32.4 Å². The molecule has 1 saturated heterocycles. The van der Waals surface area contributed by atoms with E-state index in [2.05, 4.69) is 15.6 Å². The second kappa shape index (κ2) is 12.1. The SMILES string of the molecule is CNCCC(=O)N1CCC(CSNNC(=O)c2cc(-c3cccc(F)c3)cc(C)c2F)CC1. The molecular weight excluding hydrogens is 446 g/mol. The van der Waals surface area contributed by atoms with Gasteiger partial charge in [0.1, 0.15) is 11.6 Å². The summed E-state index contributed by atoms with van der Waals surface area (Å²) in [6.45, 7) is 3.76. The van der Waals surface area contributed by atoms with E-state index < -0.39 is 17.5 Å². The number of nitrogens with one attached hydrogen (secondary N) is 3. The highest BCUT2D eigenvalue weighted by Crippen LogP contribution is 2.26. The average molecular weight is 477 g/mol. The molecule has 0 aliphatic carbocycles. The lowest BCUT2D eigenvalue weighted by Gasteiger charge is -2.32. The number of rotatable bonds is 9. The Hall–Kier alpha value is -2.49. The molecule has 3 N–H and O–H groups in total. The summed E-state index contributed by atoms with van der Waals surface area (Å²) in [6.07, 6.45) is 2.34. The van der Waals surface area contributed by atoms with Gasteiger partial charge in [0.05, 0.1) is 5.56 Å². The number of amides is 2. The van der Waals surface area contributed by atoms with Crippen molar-refractivity contribution in [1.82, 2.24) is 20.5 Å². The van der Waals surface area contributed by atoms with Crippen molar-refractivity contribution >= 4 is 23.8 Å². The molecule has 1 heterocycles. The van der Waals surface area contributed by atoms with Crippen molar-refractivity contribution in [3.05, 3.63) is 59.2 Å². The van der Waals surface area contributed by atoms with E-state index in [9.17, 15) is 18.4 Å². The van der Waals surface area contributed by atoms with Gasteiger partial charge in [-0.05, 0) is 73.7 Å². The molecule has 0 spiro atoms. The summed E-state index contributed by atoms with van der Waals surface area (Å²) in [5.74, 6) is -0.210. The standard InChI is InChI=1S/C24H30F2N4O2S/c1-16-12-19(18-4-3-5-20(25)13-18)14-21(23(16)26)24(32)28-29-33-15-17-7-10-30(11-8-17)22(31)6-9-27-2/h3-5,12-14,17,27,29H,6-11,15H2,1-2H3,(H,28,32). The average Bonchev–Trinajstić information content (AvgIpc) is 2.82. The highest BCUT2D eigenvalue weighted by molar-refractivity contribution is 7.97. The Morgan fingerprint density at radius 2 is 1.88 bits per heavy atom. The zero-order valence-electron chi connectivity index (χ0n) is 18.9. The van der Waals surface area contributed by atoms with E-state index in [0.29, 0.717) is 35.6 Å². The van der Waals surface area contributed by atoms with E-state index in [1.54, 1.807) is 25.1 Å². The lowest BCUT2D eigenvalue weighted by Crippen LogP contribution is -2.40. The number of hydrogen-bond acceptors (Lipinski definition) is 5. The summed E-state index contributed by atoms with van der Waals surface area (Å²) in [5.41, 5.74) is 3.89. The highest BCUT2D eigenvalue weighted by atomic mass is 32.2. The van der Waals surface area contributed by atoms with Gasteiger partial charge < -0.3 is 10.2 Å². The number of hydrazine groups is 1. The third-order valence-corrected chi connectivity index (χ3v) is 6.65. The first-order valence-electron chi connectivity index (χ1n) is 11.0. The molecule has 1 aliphatic heterocycles. The van der Waals surface area contributed by atoms with E-state index in [4.69, 9.17) is 0 Å². The van der Waals surface area contributed by atoms with Gasteiger partial charge in [0.25, 0.3) is 5.91 Å². The first kappa shape index (κ1) is 25.1. The number of benzene rings is 2. The number of likely N-dealkylation sites (tertiary alicyclic amines) is 1. The summed E-state index contributed by atoms with van der Waals surface area (Å²) >= 11 is 1.35. The molecule has 0 bridgehead atoms. The number of aryl methyl sites for hydroxylation is 1. The second-order valence-electron chi connectivity index (χ2n) is 8.21. The van der Waals surface area contributed by atoms with Crippen LogP contribution in [0.4, 0.5) is 8.78 Å². The molecule has 2 amide bonds. The maximum atomic E-state index is 14.6. The van der Waals surface area contributed by atoms with Gasteiger partial charge in [-0.2, -0.15) is 4.83 Å². The fourth-order valence-electron chi connectivity index (χ4n) is 3.82. The number of piperidine rings is 1. The van der Waals surface area contributed by atoms with Crippen molar-refractivity contribution in [2.45, 2.75) is 26.2 Å². The Labute approximate surface area is 197 Å². The van der Waals surface area contributed by atoms with E-state index in [1.165, 1.54) is 30.1 Å². The molecule has 3 rings (SSSR count). The molecule has 0 saturated carbocycles. The topological polar surface area (TPSA) is 73.5 Å². The first-order chi connectivity index (χ1) is 15.9. The van der Waals surface area contributed by atoms with Gasteiger partial charge in [-0.15, -0.1) is 0 Å². The smallest absolute Gasteiger partial charge is 0.269 e. The number of halogens is 2. The largest absolute Gasteiger partial charge is 0.343 e. The number of nitrogens with zero attached hydrogens (tertiary/aromatic N) is 1. The molecule has 2 aromatic rings. The number of carbonyl (C=O) groups is 2. The van der Waals surface area contributed by atoms with Gasteiger partial charge in [0.15, 0.2) is 0 Å². The summed E-state index contributed by atoms with van der Waals surface area (Å²) in [7, 11) is 1.83. The Morgan fingerprint density at radius 1 is 1.12 bits per heavy atom. The van der Waals surface area contributed by atoms with Gasteiger partial charge in [0, 0.05) is 31.8 Å². The van der Waals surface area contributed by atoms with Crippen LogP contribution in [0.3, 0.4) is 0 Å². The zero-order chi connectivity index (χ0) is 23.8. The van der Waals surface area contributed by atoms with Crippen LogP contribution >= 0.6 is 11.9 Å². The van der Waals surface area contributed by atoms with Crippen LogP contribution in [-0.4, -0.2) is 49.1 Å². The molecule has 0 unspecified atom stereocenters. The molecule has 2 aromatic carbocycles. The van der Waals surface area contributed by atoms with Crippen LogP contribution < -0.4 is 15.6 Å². The van der Waals surface area contributed by atoms with Gasteiger partial charge >= 0.3 is 0 Å². The Morgan fingerprint density at radius 3 is 2.58 bits per heavy atom. The van der Waals surface area contributed by atoms with Crippen molar-refractivity contribution in [3.63, 3.8) is 0 Å². The van der Waals surface area contributed by atoms with Crippen molar-refractivity contribution < 1.29 is 18.4 Å². The molecule has 0 radical (unpaired) electrons. The molecule has 0 aromatic heterocycles. The predicted octanol–water partition coefficient (Wildman–Crippen LogP) is 3.67. The third kappa shape index (κ3) is 6.99. The van der Waals surface area contributed by atoms with Crippen molar-refractivity contribution in [3.8, 4) is 11.1 Å². The monoisotopic (exact) mass is 476 g/mol. The normalized spacial score (nSPS) is 14.4. The van der Waals surface area contributed by atoms with Gasteiger partial charge in [-0.3, -0.25) is 15.0 Å². The number of carbonyl (C=O) groups excluding carboxylic acids is 2. The molecule has 6 nitrogen and oxygen atoms in total. The number of hydrogen-bond donors (Lipinski definition) is 3.